The van der Waals surface area contributed by atoms with Gasteiger partial charge in [-0.05, 0) is 128 Å². The molecule has 3 unspecified atom stereocenters. The number of Topliss-reactive ketones (excluding diaryl/α,β-unsaturated/α-hetero) is 1. The molecule has 1 aromatic rings. The number of ether oxygens (including phenoxy) is 8. The molecule has 1 aromatic carbocycles. The maximum Gasteiger partial charge on any atom is 0.306 e. The van der Waals surface area contributed by atoms with Crippen molar-refractivity contribution in [2.45, 2.75) is 184 Å². The Morgan fingerprint density at radius 2 is 1.56 bits per heavy atom. The Hall–Kier alpha value is -2.30. The average Bonchev–Trinajstić information content (AvgIpc) is 3.85. The van der Waals surface area contributed by atoms with Crippen LogP contribution in [0, 0.1) is 35.5 Å². The number of hydrogen-bond donors (Lipinski definition) is 2. The van der Waals surface area contributed by atoms with Gasteiger partial charge in [-0.1, -0.05) is 50.3 Å². The van der Waals surface area contributed by atoms with Gasteiger partial charge >= 0.3 is 5.97 Å². The predicted octanol–water partition coefficient (Wildman–Crippen LogP) is 6.19. The van der Waals surface area contributed by atoms with Gasteiger partial charge in [-0.15, -0.1) is 0 Å². The van der Waals surface area contributed by atoms with Crippen LogP contribution in [0.15, 0.2) is 42.0 Å². The van der Waals surface area contributed by atoms with Gasteiger partial charge in [-0.25, -0.2) is 0 Å². The van der Waals surface area contributed by atoms with Crippen LogP contribution in [0.5, 0.6) is 0 Å². The molecule has 63 heavy (non-hydrogen) atoms. The van der Waals surface area contributed by atoms with E-state index < -0.39 is 54.3 Å². The maximum atomic E-state index is 15.3. The minimum Gasteiger partial charge on any atom is -0.462 e. The second kappa shape index (κ2) is 20.7. The lowest BCUT2D eigenvalue weighted by molar-refractivity contribution is -0.314. The molecule has 13 nitrogen and oxygen atoms in total. The number of benzene rings is 1. The highest BCUT2D eigenvalue weighted by Gasteiger charge is 2.60. The summed E-state index contributed by atoms with van der Waals surface area (Å²) >= 11 is 0. The molecule has 0 amide bonds. The molecule has 0 spiro atoms. The molecule has 3 saturated heterocycles. The fourth-order valence-corrected chi connectivity index (χ4v) is 12.6. The minimum absolute atomic E-state index is 0.00131. The summed E-state index contributed by atoms with van der Waals surface area (Å²) in [5.41, 5.74) is 1.18. The SMILES string of the molecule is CC[C@H]1CCC[C@H](O[C@H]2CC[C@H](N(C)C)C(C)O2)[C@@H](C)C(=O)C2=C[C@H]3[C@@H]4C[C@H](O[C@@H]5OC(C)[C@H](OC)C(OC)[C@@H]5OC)C[C@H]4[C@@H](O)[C@H](NC(C)(C)c4ccccc4)[C@H]3[C@@H]2CC(=O)O1. The van der Waals surface area contributed by atoms with Crippen molar-refractivity contribution in [3.05, 3.63) is 47.5 Å². The Morgan fingerprint density at radius 3 is 2.21 bits per heavy atom. The number of fused-ring (bicyclic) bond motifs is 5. The molecule has 5 fully saturated rings. The highest BCUT2D eigenvalue weighted by Crippen LogP contribution is 2.57. The van der Waals surface area contributed by atoms with Gasteiger partial charge in [-0.3, -0.25) is 9.59 Å². The van der Waals surface area contributed by atoms with Crippen LogP contribution in [0.25, 0.3) is 0 Å². The molecule has 7 rings (SSSR count). The quantitative estimate of drug-likeness (QED) is 0.231. The number of carbonyl (C=O) groups is 2. The summed E-state index contributed by atoms with van der Waals surface area (Å²) in [7, 11) is 9.08. The van der Waals surface area contributed by atoms with Crippen molar-refractivity contribution in [3.8, 4) is 0 Å². The molecule has 2 N–H and O–H groups in total. The van der Waals surface area contributed by atoms with Crippen LogP contribution in [0.1, 0.15) is 105 Å². The molecule has 0 radical (unpaired) electrons. The number of ketones is 1. The van der Waals surface area contributed by atoms with Crippen LogP contribution < -0.4 is 5.32 Å². The molecule has 354 valence electrons. The first-order chi connectivity index (χ1) is 30.1. The molecule has 6 aliphatic rings. The lowest BCUT2D eigenvalue weighted by atomic mass is 9.62. The van der Waals surface area contributed by atoms with Gasteiger partial charge in [0.2, 0.25) is 0 Å². The summed E-state index contributed by atoms with van der Waals surface area (Å²) < 4.78 is 50.4. The number of rotatable bonds is 12. The second-order valence-electron chi connectivity index (χ2n) is 20.3. The zero-order chi connectivity index (χ0) is 45.3. The number of esters is 1. The Balaban J connectivity index is 1.23. The van der Waals surface area contributed by atoms with E-state index in [4.69, 9.17) is 37.9 Å². The van der Waals surface area contributed by atoms with Crippen molar-refractivity contribution in [3.63, 3.8) is 0 Å². The summed E-state index contributed by atoms with van der Waals surface area (Å²) in [5, 5.41) is 16.7. The summed E-state index contributed by atoms with van der Waals surface area (Å²) in [6, 6.07) is 10.1. The highest BCUT2D eigenvalue weighted by molar-refractivity contribution is 5.99. The third-order valence-electron chi connectivity index (χ3n) is 15.9. The zero-order valence-corrected chi connectivity index (χ0v) is 39.8. The molecule has 19 atom stereocenters. The largest absolute Gasteiger partial charge is 0.462 e. The van der Waals surface area contributed by atoms with Crippen molar-refractivity contribution in [1.29, 1.82) is 0 Å². The van der Waals surface area contributed by atoms with Crippen molar-refractivity contribution in [2.24, 2.45) is 35.5 Å². The number of aliphatic hydroxyl groups is 1. The van der Waals surface area contributed by atoms with Gasteiger partial charge in [0.15, 0.2) is 18.4 Å². The van der Waals surface area contributed by atoms with E-state index in [9.17, 15) is 9.90 Å². The van der Waals surface area contributed by atoms with Gasteiger partial charge in [0.25, 0.3) is 0 Å². The van der Waals surface area contributed by atoms with Gasteiger partial charge in [0.1, 0.15) is 24.4 Å². The number of allylic oxidation sites excluding steroid dienone is 2. The summed E-state index contributed by atoms with van der Waals surface area (Å²) in [4.78, 5) is 31.6. The van der Waals surface area contributed by atoms with E-state index in [1.54, 1.807) is 21.3 Å². The fraction of sp³-hybridized carbons (Fsp3) is 0.800. The smallest absolute Gasteiger partial charge is 0.306 e. The number of nitrogens with one attached hydrogen (secondary N) is 1. The van der Waals surface area contributed by atoms with Crippen LogP contribution >= 0.6 is 0 Å². The van der Waals surface area contributed by atoms with Crippen LogP contribution in [-0.4, -0.2) is 137 Å². The van der Waals surface area contributed by atoms with E-state index in [1.165, 1.54) is 0 Å². The lowest BCUT2D eigenvalue weighted by Gasteiger charge is -2.50. The Bertz CT molecular complexity index is 1710. The van der Waals surface area contributed by atoms with E-state index in [0.29, 0.717) is 43.7 Å². The summed E-state index contributed by atoms with van der Waals surface area (Å²) in [5.74, 6) is -1.82. The molecular weight excluding hydrogens is 805 g/mol. The Morgan fingerprint density at radius 1 is 0.857 bits per heavy atom. The monoisotopic (exact) mass is 883 g/mol. The number of hydrogen-bond acceptors (Lipinski definition) is 13. The van der Waals surface area contributed by atoms with Gasteiger partial charge in [0.05, 0.1) is 36.9 Å². The van der Waals surface area contributed by atoms with E-state index in [-0.39, 0.29) is 78.5 Å². The number of methoxy groups -OCH3 is 3. The number of carbonyl (C=O) groups excluding carboxylic acids is 2. The van der Waals surface area contributed by atoms with E-state index in [0.717, 1.165) is 24.8 Å². The number of nitrogens with zero attached hydrogens (tertiary/aromatic N) is 1. The normalized spacial score (nSPS) is 42.7. The average molecular weight is 883 g/mol. The van der Waals surface area contributed by atoms with Crippen molar-refractivity contribution in [1.82, 2.24) is 10.2 Å². The van der Waals surface area contributed by atoms with Crippen LogP contribution in [0.2, 0.25) is 0 Å². The molecule has 0 aromatic heterocycles. The molecule has 13 heteroatoms. The molecule has 2 saturated carbocycles. The summed E-state index contributed by atoms with van der Waals surface area (Å²) in [6.45, 7) is 12.4. The molecule has 3 aliphatic carbocycles. The van der Waals surface area contributed by atoms with E-state index in [2.05, 4.69) is 70.2 Å². The molecule has 3 aliphatic heterocycles. The minimum atomic E-state index is -0.796. The van der Waals surface area contributed by atoms with Crippen LogP contribution in [0.4, 0.5) is 0 Å². The first kappa shape index (κ1) is 48.6. The second-order valence-corrected chi connectivity index (χ2v) is 20.3. The van der Waals surface area contributed by atoms with Gasteiger partial charge in [-0.2, -0.15) is 0 Å². The molecule has 3 heterocycles. The summed E-state index contributed by atoms with van der Waals surface area (Å²) in [6.07, 6.45) is 3.57. The standard InChI is InChI=1S/C50H78N2O11/c1-12-31-19-16-20-39(63-41-22-21-38(52(7)8)28(3)59-41)27(2)44(54)37-25-34-33-23-32(62-49-48(58-11)47(57-10)46(56-9)29(4)60-49)24-36(33)45(55)43(42(34)35(37)26-40(53)61-31)51-50(5,6)30-17-14-13-15-18-30/h13-15,17-18,25,27-29,31-36,38-39,41-43,45-49,51,55H,12,16,19-24,26H2,1-11H3/t27-,28?,29?,31+,32+,33+,34+,35-,36-,38+,39+,41+,42-,43-,45-,46+,47?,48+,49+/m1/s1. The number of likely N-dealkylation sites (N-methyl/N-ethyl adjacent to an activating group) is 1. The highest BCUT2D eigenvalue weighted by atomic mass is 16.7. The number of cyclic esters (lactones) is 1. The lowest BCUT2D eigenvalue weighted by Crippen LogP contribution is -2.61. The third-order valence-corrected chi connectivity index (χ3v) is 15.9. The molecular formula is C50H78N2O11. The first-order valence-corrected chi connectivity index (χ1v) is 23.9. The van der Waals surface area contributed by atoms with E-state index in [1.807, 2.05) is 32.0 Å². The van der Waals surface area contributed by atoms with E-state index >= 15 is 4.79 Å². The van der Waals surface area contributed by atoms with Crippen molar-refractivity contribution in [2.75, 3.05) is 35.4 Å². The molecule has 0 bridgehead atoms. The van der Waals surface area contributed by atoms with Crippen LogP contribution in [-0.2, 0) is 53.0 Å². The van der Waals surface area contributed by atoms with Crippen molar-refractivity contribution >= 4 is 11.8 Å². The third kappa shape index (κ3) is 10.2. The van der Waals surface area contributed by atoms with Crippen molar-refractivity contribution < 1.29 is 52.6 Å². The maximum absolute atomic E-state index is 15.3. The van der Waals surface area contributed by atoms with Crippen LogP contribution in [0.3, 0.4) is 0 Å². The first-order valence-electron chi connectivity index (χ1n) is 23.9. The topological polar surface area (TPSA) is 143 Å². The zero-order valence-electron chi connectivity index (χ0n) is 39.8. The predicted molar refractivity (Wildman–Crippen MR) is 237 cm³/mol. The fourth-order valence-electron chi connectivity index (χ4n) is 12.6. The Labute approximate surface area is 376 Å². The van der Waals surface area contributed by atoms with Gasteiger partial charge < -0.3 is 53.2 Å². The number of aliphatic hydroxyl groups excluding tert-OH is 1. The van der Waals surface area contributed by atoms with Gasteiger partial charge in [0, 0.05) is 50.8 Å². The Kier molecular flexibility index (Phi) is 16.0.